The average Bonchev–Trinajstić information content (AvgIpc) is 3.71. The number of aromatic nitrogens is 1. The lowest BCUT2D eigenvalue weighted by Crippen LogP contribution is -2.15. The number of hydrogen-bond acceptors (Lipinski definition) is 0. The molecule has 0 aliphatic heterocycles. The van der Waals surface area contributed by atoms with Crippen LogP contribution in [0.2, 0.25) is 0 Å². The number of rotatable bonds is 4. The van der Waals surface area contributed by atoms with E-state index < -0.39 is 0 Å². The molecule has 0 amide bonds. The summed E-state index contributed by atoms with van der Waals surface area (Å²) in [5.41, 5.74) is 16.6. The molecule has 11 aromatic rings. The van der Waals surface area contributed by atoms with Gasteiger partial charge in [0.05, 0.1) is 11.0 Å². The Kier molecular flexibility index (Phi) is 6.46. The Morgan fingerprint density at radius 2 is 0.821 bits per heavy atom. The molecule has 0 atom stereocenters. The minimum absolute atomic E-state index is 0.0891. The number of nitrogens with zero attached hydrogens (tertiary/aromatic N) is 1. The minimum Gasteiger partial charge on any atom is -0.309 e. The molecule has 0 unspecified atom stereocenters. The Morgan fingerprint density at radius 1 is 0.339 bits per heavy atom. The second-order valence-electron chi connectivity index (χ2n) is 16.0. The van der Waals surface area contributed by atoms with E-state index >= 15 is 0 Å². The Morgan fingerprint density at radius 3 is 1.46 bits per heavy atom. The van der Waals surface area contributed by atoms with Crippen molar-refractivity contribution in [3.8, 4) is 50.2 Å². The number of fused-ring (bicyclic) bond motifs is 5. The molecule has 0 spiro atoms. The molecule has 0 saturated carbocycles. The molecule has 0 fully saturated rings. The van der Waals surface area contributed by atoms with E-state index in [0.717, 1.165) is 0 Å². The van der Waals surface area contributed by atoms with Gasteiger partial charge in [-0.15, -0.1) is 0 Å². The van der Waals surface area contributed by atoms with Gasteiger partial charge in [0.25, 0.3) is 0 Å². The fourth-order valence-electron chi connectivity index (χ4n) is 10.3. The van der Waals surface area contributed by atoms with Crippen LogP contribution < -0.4 is 0 Å². The topological polar surface area (TPSA) is 4.93 Å². The average molecular weight is 712 g/mol. The predicted octanol–water partition coefficient (Wildman–Crippen LogP) is 15.0. The Bertz CT molecular complexity index is 3310. The monoisotopic (exact) mass is 711 g/mol. The van der Waals surface area contributed by atoms with Gasteiger partial charge in [0.2, 0.25) is 0 Å². The van der Waals surface area contributed by atoms with E-state index in [1.54, 1.807) is 0 Å². The zero-order valence-corrected chi connectivity index (χ0v) is 31.3. The Balaban J connectivity index is 1.19. The van der Waals surface area contributed by atoms with Gasteiger partial charge in [0.15, 0.2) is 0 Å². The first-order valence-electron chi connectivity index (χ1n) is 19.7. The van der Waals surface area contributed by atoms with Crippen molar-refractivity contribution in [2.45, 2.75) is 19.3 Å². The molecule has 56 heavy (non-hydrogen) atoms. The largest absolute Gasteiger partial charge is 0.309 e. The van der Waals surface area contributed by atoms with Gasteiger partial charge in [-0.25, -0.2) is 0 Å². The maximum absolute atomic E-state index is 2.53. The third kappa shape index (κ3) is 4.20. The van der Waals surface area contributed by atoms with E-state index in [-0.39, 0.29) is 5.41 Å². The highest BCUT2D eigenvalue weighted by molar-refractivity contribution is 6.31. The molecule has 262 valence electrons. The van der Waals surface area contributed by atoms with Crippen LogP contribution in [0.1, 0.15) is 25.0 Å². The van der Waals surface area contributed by atoms with Crippen LogP contribution in [0.4, 0.5) is 0 Å². The highest BCUT2D eigenvalue weighted by Gasteiger charge is 2.35. The second-order valence-corrected chi connectivity index (χ2v) is 16.0. The highest BCUT2D eigenvalue weighted by Crippen LogP contribution is 2.52. The van der Waals surface area contributed by atoms with Crippen molar-refractivity contribution in [1.82, 2.24) is 4.57 Å². The molecule has 1 aromatic heterocycles. The summed E-state index contributed by atoms with van der Waals surface area (Å²) in [4.78, 5) is 0. The van der Waals surface area contributed by atoms with Crippen molar-refractivity contribution in [2.24, 2.45) is 0 Å². The smallest absolute Gasteiger partial charge is 0.0547 e. The standard InChI is InChI=1S/C55H37N/c1-55(2)47-24-14-13-19-38(47)39-26-25-36(33-48(39)55)56-49-31-29-37(34-15-5-3-6-16-34)44-27-28-46-45(30-32-50(56)54(46)53(44)49)52-42-22-11-9-20-40(42)51(35-17-7-4-8-18-35)41-21-10-12-23-43(41)52/h3-33H,1-2H3. The van der Waals surface area contributed by atoms with Gasteiger partial charge in [-0.05, 0) is 112 Å². The van der Waals surface area contributed by atoms with Gasteiger partial charge >= 0.3 is 0 Å². The molecule has 1 aliphatic rings. The molecule has 1 heteroatoms. The first-order valence-corrected chi connectivity index (χ1v) is 19.7. The Hall–Kier alpha value is -6.96. The van der Waals surface area contributed by atoms with E-state index in [1.165, 1.54) is 115 Å². The zero-order chi connectivity index (χ0) is 37.1. The van der Waals surface area contributed by atoms with Gasteiger partial charge in [-0.1, -0.05) is 178 Å². The maximum Gasteiger partial charge on any atom is 0.0547 e. The van der Waals surface area contributed by atoms with Gasteiger partial charge in [0.1, 0.15) is 0 Å². The molecule has 1 nitrogen and oxygen atoms in total. The number of hydrogen-bond donors (Lipinski definition) is 0. The molecular formula is C55H37N. The molecule has 0 radical (unpaired) electrons. The van der Waals surface area contributed by atoms with Crippen LogP contribution >= 0.6 is 0 Å². The molecule has 0 saturated heterocycles. The van der Waals surface area contributed by atoms with Gasteiger partial charge < -0.3 is 4.57 Å². The molecule has 12 rings (SSSR count). The van der Waals surface area contributed by atoms with Crippen molar-refractivity contribution in [1.29, 1.82) is 0 Å². The van der Waals surface area contributed by atoms with E-state index in [0.29, 0.717) is 0 Å². The zero-order valence-electron chi connectivity index (χ0n) is 31.3. The predicted molar refractivity (Wildman–Crippen MR) is 238 cm³/mol. The first kappa shape index (κ1) is 31.4. The lowest BCUT2D eigenvalue weighted by molar-refractivity contribution is 0.660. The van der Waals surface area contributed by atoms with Crippen molar-refractivity contribution in [3.05, 3.63) is 199 Å². The van der Waals surface area contributed by atoms with Crippen LogP contribution in [0.3, 0.4) is 0 Å². The van der Waals surface area contributed by atoms with Crippen LogP contribution in [0.25, 0.3) is 104 Å². The van der Waals surface area contributed by atoms with E-state index in [1.807, 2.05) is 0 Å². The van der Waals surface area contributed by atoms with E-state index in [4.69, 9.17) is 0 Å². The lowest BCUT2D eigenvalue weighted by atomic mass is 9.82. The summed E-state index contributed by atoms with van der Waals surface area (Å²) in [6.07, 6.45) is 0. The van der Waals surface area contributed by atoms with Gasteiger partial charge in [-0.2, -0.15) is 0 Å². The summed E-state index contributed by atoms with van der Waals surface area (Å²) in [6, 6.07) is 70.1. The summed E-state index contributed by atoms with van der Waals surface area (Å²) in [5, 5.41) is 10.3. The lowest BCUT2D eigenvalue weighted by Gasteiger charge is -2.22. The van der Waals surface area contributed by atoms with Crippen LogP contribution in [0, 0.1) is 0 Å². The fourth-order valence-corrected chi connectivity index (χ4v) is 10.3. The second kappa shape index (κ2) is 11.5. The summed E-state index contributed by atoms with van der Waals surface area (Å²) >= 11 is 0. The molecule has 1 aliphatic carbocycles. The molecule has 0 bridgehead atoms. The molecule has 10 aromatic carbocycles. The fraction of sp³-hybridized carbons (Fsp3) is 0.0545. The summed E-state index contributed by atoms with van der Waals surface area (Å²) in [6.45, 7) is 4.75. The van der Waals surface area contributed by atoms with E-state index in [9.17, 15) is 0 Å². The normalized spacial score (nSPS) is 13.3. The van der Waals surface area contributed by atoms with Crippen molar-refractivity contribution < 1.29 is 0 Å². The minimum atomic E-state index is -0.0891. The first-order chi connectivity index (χ1) is 27.6. The van der Waals surface area contributed by atoms with Gasteiger partial charge in [0, 0.05) is 21.9 Å². The SMILES string of the molecule is CC1(C)c2ccccc2-c2ccc(-n3c4ccc(-c5ccccc5)c5ccc6c(-c7c8ccccc8c(-c8ccccc8)c8ccccc78)ccc3c6c54)cc21. The van der Waals surface area contributed by atoms with Crippen molar-refractivity contribution in [2.75, 3.05) is 0 Å². The van der Waals surface area contributed by atoms with Gasteiger partial charge in [-0.3, -0.25) is 0 Å². The van der Waals surface area contributed by atoms with Crippen LogP contribution in [-0.4, -0.2) is 4.57 Å². The highest BCUT2D eigenvalue weighted by atomic mass is 15.0. The van der Waals surface area contributed by atoms with Crippen LogP contribution in [0.5, 0.6) is 0 Å². The molecule has 0 N–H and O–H groups in total. The van der Waals surface area contributed by atoms with E-state index in [2.05, 4.69) is 206 Å². The molecular weight excluding hydrogens is 675 g/mol. The summed E-state index contributed by atoms with van der Waals surface area (Å²) < 4.78 is 2.53. The maximum atomic E-state index is 2.53. The van der Waals surface area contributed by atoms with Crippen LogP contribution in [0.15, 0.2) is 188 Å². The Labute approximate surface area is 326 Å². The third-order valence-electron chi connectivity index (χ3n) is 12.8. The summed E-state index contributed by atoms with van der Waals surface area (Å²) in [5.74, 6) is 0. The molecule has 1 heterocycles. The van der Waals surface area contributed by atoms with Crippen molar-refractivity contribution in [3.63, 3.8) is 0 Å². The third-order valence-corrected chi connectivity index (χ3v) is 12.8. The number of benzene rings is 10. The van der Waals surface area contributed by atoms with Crippen molar-refractivity contribution >= 4 is 54.1 Å². The quantitative estimate of drug-likeness (QED) is 0.127. The van der Waals surface area contributed by atoms with Crippen LogP contribution in [-0.2, 0) is 5.41 Å². The summed E-state index contributed by atoms with van der Waals surface area (Å²) in [7, 11) is 0.